The summed E-state index contributed by atoms with van der Waals surface area (Å²) in [7, 11) is 0. The van der Waals surface area contributed by atoms with Gasteiger partial charge in [-0.3, -0.25) is 4.79 Å². The Labute approximate surface area is 86.5 Å². The third kappa shape index (κ3) is 11.4. The molecule has 0 fully saturated rings. The zero-order valence-corrected chi connectivity index (χ0v) is 9.00. The topological polar surface area (TPSA) is 46.5 Å². The molecule has 0 saturated carbocycles. The van der Waals surface area contributed by atoms with Crippen molar-refractivity contribution >= 4 is 5.97 Å². The molecule has 1 radical (unpaired) electrons. The molecular weight excluding hydrogens is 180 g/mol. The molecule has 1 N–H and O–H groups in total. The van der Waals surface area contributed by atoms with Crippen LogP contribution in [0.5, 0.6) is 0 Å². The second-order valence-corrected chi connectivity index (χ2v) is 3.40. The molecule has 0 aromatic carbocycles. The largest absolute Gasteiger partial charge is 0.481 e. The average molecular weight is 201 g/mol. The monoisotopic (exact) mass is 201 g/mol. The van der Waals surface area contributed by atoms with Crippen LogP contribution in [-0.2, 0) is 9.53 Å². The second-order valence-electron chi connectivity index (χ2n) is 3.40. The summed E-state index contributed by atoms with van der Waals surface area (Å²) in [5, 5.41) is 8.30. The number of hydrogen-bond acceptors (Lipinski definition) is 2. The summed E-state index contributed by atoms with van der Waals surface area (Å²) in [4.78, 5) is 10.1. The van der Waals surface area contributed by atoms with E-state index in [-0.39, 0.29) is 6.42 Å². The molecular formula is C11H21O3. The Hall–Kier alpha value is -0.570. The number of ether oxygens (including phenoxy) is 1. The van der Waals surface area contributed by atoms with Crippen LogP contribution >= 0.6 is 0 Å². The summed E-state index contributed by atoms with van der Waals surface area (Å²) in [5.41, 5.74) is 0. The number of unbranched alkanes of at least 4 members (excludes halogenated alkanes) is 5. The van der Waals surface area contributed by atoms with Gasteiger partial charge < -0.3 is 9.84 Å². The van der Waals surface area contributed by atoms with Gasteiger partial charge in [-0.1, -0.05) is 39.0 Å². The van der Waals surface area contributed by atoms with Crippen molar-refractivity contribution in [1.82, 2.24) is 0 Å². The molecule has 0 aromatic rings. The van der Waals surface area contributed by atoms with E-state index in [1.54, 1.807) is 0 Å². The minimum Gasteiger partial charge on any atom is -0.481 e. The first-order valence-electron chi connectivity index (χ1n) is 5.42. The predicted octanol–water partition coefficient (Wildman–Crippen LogP) is 3.00. The molecule has 0 amide bonds. The van der Waals surface area contributed by atoms with E-state index in [1.807, 2.05) is 0 Å². The zero-order valence-electron chi connectivity index (χ0n) is 9.00. The fraction of sp³-hybridized carbons (Fsp3) is 0.818. The minimum atomic E-state index is -0.840. The molecule has 14 heavy (non-hydrogen) atoms. The molecule has 0 heterocycles. The molecule has 0 aliphatic rings. The fourth-order valence-electron chi connectivity index (χ4n) is 1.18. The van der Waals surface area contributed by atoms with Gasteiger partial charge in [0.15, 0.2) is 0 Å². The fourth-order valence-corrected chi connectivity index (χ4v) is 1.18. The standard InChI is InChI=1S/C11H21O3/c1-2-3-4-5-6-7-9-14-10-8-11(12)13/h10H,2-9H2,1H3,(H,12,13). The normalized spacial score (nSPS) is 10.4. The lowest BCUT2D eigenvalue weighted by molar-refractivity contribution is -0.137. The van der Waals surface area contributed by atoms with Gasteiger partial charge in [0.2, 0.25) is 0 Å². The van der Waals surface area contributed by atoms with Crippen LogP contribution in [0.3, 0.4) is 0 Å². The van der Waals surface area contributed by atoms with E-state index in [9.17, 15) is 4.79 Å². The third-order valence-corrected chi connectivity index (χ3v) is 1.99. The maximum atomic E-state index is 10.1. The third-order valence-electron chi connectivity index (χ3n) is 1.99. The maximum absolute atomic E-state index is 10.1. The number of rotatable bonds is 10. The number of hydrogen-bond donors (Lipinski definition) is 1. The van der Waals surface area contributed by atoms with Crippen LogP contribution in [0, 0.1) is 6.61 Å². The molecule has 0 spiro atoms. The van der Waals surface area contributed by atoms with E-state index < -0.39 is 5.97 Å². The van der Waals surface area contributed by atoms with Crippen LogP contribution in [0.1, 0.15) is 51.9 Å². The van der Waals surface area contributed by atoms with E-state index in [1.165, 1.54) is 38.7 Å². The number of carbonyl (C=O) groups is 1. The average Bonchev–Trinajstić information content (AvgIpc) is 2.15. The van der Waals surface area contributed by atoms with Crippen LogP contribution in [0.4, 0.5) is 0 Å². The van der Waals surface area contributed by atoms with Crippen molar-refractivity contribution in [3.63, 3.8) is 0 Å². The predicted molar refractivity (Wildman–Crippen MR) is 55.9 cm³/mol. The SMILES string of the molecule is CCCCCCCCO[CH]CC(=O)O. The van der Waals surface area contributed by atoms with E-state index >= 15 is 0 Å². The van der Waals surface area contributed by atoms with Crippen LogP contribution in [-0.4, -0.2) is 17.7 Å². The van der Waals surface area contributed by atoms with Crippen LogP contribution < -0.4 is 0 Å². The van der Waals surface area contributed by atoms with Crippen molar-refractivity contribution in [3.05, 3.63) is 6.61 Å². The Morgan fingerprint density at radius 1 is 1.21 bits per heavy atom. The molecule has 0 unspecified atom stereocenters. The molecule has 0 bridgehead atoms. The van der Waals surface area contributed by atoms with Gasteiger partial charge in [0.05, 0.1) is 13.0 Å². The highest BCUT2D eigenvalue weighted by Crippen LogP contribution is 2.05. The first-order chi connectivity index (χ1) is 6.77. The molecule has 3 nitrogen and oxygen atoms in total. The van der Waals surface area contributed by atoms with Crippen molar-refractivity contribution in [2.45, 2.75) is 51.9 Å². The van der Waals surface area contributed by atoms with Gasteiger partial charge in [-0.2, -0.15) is 0 Å². The van der Waals surface area contributed by atoms with Crippen molar-refractivity contribution in [2.75, 3.05) is 6.61 Å². The zero-order chi connectivity index (χ0) is 10.6. The number of aliphatic carboxylic acids is 1. The van der Waals surface area contributed by atoms with E-state index in [4.69, 9.17) is 9.84 Å². The van der Waals surface area contributed by atoms with E-state index in [0.717, 1.165) is 6.42 Å². The lowest BCUT2D eigenvalue weighted by Gasteiger charge is -2.01. The Balaban J connectivity index is 2.88. The Morgan fingerprint density at radius 3 is 2.50 bits per heavy atom. The highest BCUT2D eigenvalue weighted by molar-refractivity contribution is 5.67. The van der Waals surface area contributed by atoms with Crippen molar-refractivity contribution in [1.29, 1.82) is 0 Å². The summed E-state index contributed by atoms with van der Waals surface area (Å²) < 4.78 is 5.05. The van der Waals surface area contributed by atoms with E-state index in [0.29, 0.717) is 6.61 Å². The van der Waals surface area contributed by atoms with Gasteiger partial charge in [-0.05, 0) is 6.42 Å². The first kappa shape index (κ1) is 13.4. The second kappa shape index (κ2) is 10.5. The Bertz CT molecular complexity index is 134. The van der Waals surface area contributed by atoms with Gasteiger partial charge in [0.1, 0.15) is 0 Å². The molecule has 0 aromatic heterocycles. The summed E-state index contributed by atoms with van der Waals surface area (Å²) in [6, 6.07) is 0. The molecule has 3 heteroatoms. The highest BCUT2D eigenvalue weighted by Gasteiger charge is 1.96. The van der Waals surface area contributed by atoms with Gasteiger partial charge >= 0.3 is 5.97 Å². The molecule has 0 aliphatic carbocycles. The summed E-state index contributed by atoms with van der Waals surface area (Å²) in [6.07, 6.45) is 7.34. The van der Waals surface area contributed by atoms with Crippen LogP contribution in [0.2, 0.25) is 0 Å². The smallest absolute Gasteiger partial charge is 0.306 e. The highest BCUT2D eigenvalue weighted by atomic mass is 16.5. The number of carboxylic acids is 1. The van der Waals surface area contributed by atoms with Crippen LogP contribution in [0.15, 0.2) is 0 Å². The Morgan fingerprint density at radius 2 is 1.86 bits per heavy atom. The lowest BCUT2D eigenvalue weighted by atomic mass is 10.1. The Kier molecular flexibility index (Phi) is 10.1. The van der Waals surface area contributed by atoms with Crippen molar-refractivity contribution < 1.29 is 14.6 Å². The molecule has 0 aliphatic heterocycles. The van der Waals surface area contributed by atoms with Gasteiger partial charge in [-0.25, -0.2) is 0 Å². The molecule has 0 rings (SSSR count). The number of carboxylic acid groups (broad SMARTS) is 1. The van der Waals surface area contributed by atoms with Gasteiger partial charge in [0.25, 0.3) is 0 Å². The first-order valence-corrected chi connectivity index (χ1v) is 5.42. The molecule has 0 atom stereocenters. The van der Waals surface area contributed by atoms with Crippen LogP contribution in [0.25, 0.3) is 0 Å². The van der Waals surface area contributed by atoms with Gasteiger partial charge in [0, 0.05) is 6.61 Å². The summed E-state index contributed by atoms with van der Waals surface area (Å²) in [6.45, 7) is 4.22. The molecule has 83 valence electrons. The quantitative estimate of drug-likeness (QED) is 0.553. The lowest BCUT2D eigenvalue weighted by Crippen LogP contribution is -1.98. The van der Waals surface area contributed by atoms with Crippen molar-refractivity contribution in [3.8, 4) is 0 Å². The summed E-state index contributed by atoms with van der Waals surface area (Å²) in [5.74, 6) is -0.840. The minimum absolute atomic E-state index is 0.00413. The van der Waals surface area contributed by atoms with Crippen molar-refractivity contribution in [2.24, 2.45) is 0 Å². The van der Waals surface area contributed by atoms with E-state index in [2.05, 4.69) is 6.92 Å². The molecule has 0 saturated heterocycles. The van der Waals surface area contributed by atoms with Gasteiger partial charge in [-0.15, -0.1) is 0 Å². The summed E-state index contributed by atoms with van der Waals surface area (Å²) >= 11 is 0. The maximum Gasteiger partial charge on any atom is 0.306 e.